The molecule has 2 nitrogen and oxygen atoms in total. The molecule has 1 aliphatic rings. The fourth-order valence-electron chi connectivity index (χ4n) is 3.40. The molecule has 0 bridgehead atoms. The van der Waals surface area contributed by atoms with Crippen LogP contribution in [0.15, 0.2) is 47.6 Å². The van der Waals surface area contributed by atoms with E-state index < -0.39 is 5.60 Å². The predicted octanol–water partition coefficient (Wildman–Crippen LogP) is 4.92. The summed E-state index contributed by atoms with van der Waals surface area (Å²) in [5.74, 6) is 0. The molecule has 23 heavy (non-hydrogen) atoms. The van der Waals surface area contributed by atoms with Gasteiger partial charge in [-0.25, -0.2) is 0 Å². The van der Waals surface area contributed by atoms with Gasteiger partial charge < -0.3 is 9.84 Å². The molecule has 1 aliphatic carbocycles. The standard InChI is InChI=1S/C21H30O2/c1-16-10-6-8-12-18(16)21(4,5)23-15-14-17-11-7-9-13-19(17)20(2,3)22/h6-7,9-11,13,22H,8,12,14-15H2,1-5H3. The van der Waals surface area contributed by atoms with Gasteiger partial charge in [0.2, 0.25) is 0 Å². The zero-order valence-electron chi connectivity index (χ0n) is 15.1. The van der Waals surface area contributed by atoms with E-state index in [-0.39, 0.29) is 5.60 Å². The molecule has 126 valence electrons. The van der Waals surface area contributed by atoms with Crippen LogP contribution in [0.25, 0.3) is 0 Å². The van der Waals surface area contributed by atoms with Crippen molar-refractivity contribution in [1.82, 2.24) is 0 Å². The summed E-state index contributed by atoms with van der Waals surface area (Å²) < 4.78 is 6.24. The highest BCUT2D eigenvalue weighted by molar-refractivity contribution is 5.33. The summed E-state index contributed by atoms with van der Waals surface area (Å²) in [4.78, 5) is 0. The van der Waals surface area contributed by atoms with Crippen molar-refractivity contribution in [3.63, 3.8) is 0 Å². The molecular formula is C21H30O2. The molecule has 1 aromatic carbocycles. The van der Waals surface area contributed by atoms with Crippen molar-refractivity contribution in [1.29, 1.82) is 0 Å². The average molecular weight is 314 g/mol. The highest BCUT2D eigenvalue weighted by atomic mass is 16.5. The zero-order valence-corrected chi connectivity index (χ0v) is 15.1. The van der Waals surface area contributed by atoms with Gasteiger partial charge in [0.15, 0.2) is 0 Å². The van der Waals surface area contributed by atoms with E-state index in [0.717, 1.165) is 30.4 Å². The number of ether oxygens (including phenoxy) is 1. The molecule has 0 amide bonds. The lowest BCUT2D eigenvalue weighted by molar-refractivity contribution is 0.00899. The maximum atomic E-state index is 10.3. The molecule has 0 atom stereocenters. The summed E-state index contributed by atoms with van der Waals surface area (Å²) >= 11 is 0. The SMILES string of the molecule is CC1=C(C(C)(C)OCCc2ccccc2C(C)(C)O)CCC=C1. The molecule has 0 radical (unpaired) electrons. The molecule has 0 aliphatic heterocycles. The van der Waals surface area contributed by atoms with Crippen molar-refractivity contribution in [3.05, 3.63) is 58.7 Å². The number of hydrogen-bond acceptors (Lipinski definition) is 2. The summed E-state index contributed by atoms with van der Waals surface area (Å²) in [6.45, 7) is 10.8. The second-order valence-corrected chi connectivity index (χ2v) is 7.43. The first-order chi connectivity index (χ1) is 10.7. The van der Waals surface area contributed by atoms with Gasteiger partial charge in [0.1, 0.15) is 0 Å². The van der Waals surface area contributed by atoms with Gasteiger partial charge in [0, 0.05) is 0 Å². The van der Waals surface area contributed by atoms with Gasteiger partial charge in [-0.05, 0) is 76.2 Å². The van der Waals surface area contributed by atoms with Gasteiger partial charge in [-0.1, -0.05) is 36.4 Å². The van der Waals surface area contributed by atoms with Crippen LogP contribution in [0, 0.1) is 0 Å². The van der Waals surface area contributed by atoms with Crippen LogP contribution in [0.2, 0.25) is 0 Å². The van der Waals surface area contributed by atoms with Crippen LogP contribution in [-0.2, 0) is 16.8 Å². The Morgan fingerprint density at radius 2 is 1.83 bits per heavy atom. The Kier molecular flexibility index (Phi) is 5.49. The lowest BCUT2D eigenvalue weighted by atomic mass is 9.86. The minimum absolute atomic E-state index is 0.238. The summed E-state index contributed by atoms with van der Waals surface area (Å²) in [6.07, 6.45) is 7.42. The Morgan fingerprint density at radius 3 is 2.48 bits per heavy atom. The lowest BCUT2D eigenvalue weighted by Gasteiger charge is -2.32. The van der Waals surface area contributed by atoms with E-state index >= 15 is 0 Å². The van der Waals surface area contributed by atoms with Crippen molar-refractivity contribution >= 4 is 0 Å². The first-order valence-electron chi connectivity index (χ1n) is 8.53. The van der Waals surface area contributed by atoms with Crippen LogP contribution in [0.3, 0.4) is 0 Å². The number of allylic oxidation sites excluding steroid dienone is 3. The molecular weight excluding hydrogens is 284 g/mol. The fourth-order valence-corrected chi connectivity index (χ4v) is 3.40. The van der Waals surface area contributed by atoms with Crippen LogP contribution >= 0.6 is 0 Å². The molecule has 2 rings (SSSR count). The summed E-state index contributed by atoms with van der Waals surface area (Å²) in [7, 11) is 0. The Balaban J connectivity index is 2.04. The Labute approximate surface area is 140 Å². The maximum absolute atomic E-state index is 10.3. The second kappa shape index (κ2) is 7.02. The van der Waals surface area contributed by atoms with Crippen LogP contribution in [0.5, 0.6) is 0 Å². The Morgan fingerprint density at radius 1 is 1.13 bits per heavy atom. The summed E-state index contributed by atoms with van der Waals surface area (Å²) in [6, 6.07) is 8.08. The van der Waals surface area contributed by atoms with Crippen LogP contribution in [0.4, 0.5) is 0 Å². The van der Waals surface area contributed by atoms with Crippen molar-refractivity contribution in [2.24, 2.45) is 0 Å². The third-order valence-electron chi connectivity index (χ3n) is 4.64. The van der Waals surface area contributed by atoms with Crippen molar-refractivity contribution < 1.29 is 9.84 Å². The quantitative estimate of drug-likeness (QED) is 0.807. The summed E-state index contributed by atoms with van der Waals surface area (Å²) in [5.41, 5.74) is 3.81. The van der Waals surface area contributed by atoms with Crippen molar-refractivity contribution in [2.45, 2.75) is 65.1 Å². The van der Waals surface area contributed by atoms with E-state index in [1.165, 1.54) is 11.1 Å². The van der Waals surface area contributed by atoms with E-state index in [1.54, 1.807) is 0 Å². The molecule has 0 fully saturated rings. The minimum atomic E-state index is -0.820. The van der Waals surface area contributed by atoms with Crippen LogP contribution < -0.4 is 0 Å². The van der Waals surface area contributed by atoms with E-state index in [0.29, 0.717) is 6.61 Å². The van der Waals surface area contributed by atoms with E-state index in [9.17, 15) is 5.11 Å². The molecule has 1 aromatic rings. The molecule has 0 unspecified atom stereocenters. The van der Waals surface area contributed by atoms with E-state index in [4.69, 9.17) is 4.74 Å². The third-order valence-corrected chi connectivity index (χ3v) is 4.64. The third kappa shape index (κ3) is 4.55. The number of aliphatic hydroxyl groups is 1. The molecule has 2 heteroatoms. The van der Waals surface area contributed by atoms with Crippen LogP contribution in [0.1, 0.15) is 58.6 Å². The fraction of sp³-hybridized carbons (Fsp3) is 0.524. The van der Waals surface area contributed by atoms with Gasteiger partial charge in [-0.2, -0.15) is 0 Å². The molecule has 0 spiro atoms. The molecule has 1 N–H and O–H groups in total. The average Bonchev–Trinajstić information content (AvgIpc) is 2.47. The first-order valence-corrected chi connectivity index (χ1v) is 8.53. The largest absolute Gasteiger partial charge is 0.386 e. The van der Waals surface area contributed by atoms with Gasteiger partial charge in [-0.3, -0.25) is 0 Å². The van der Waals surface area contributed by atoms with Crippen molar-refractivity contribution in [3.8, 4) is 0 Å². The topological polar surface area (TPSA) is 29.5 Å². The smallest absolute Gasteiger partial charge is 0.0843 e. The van der Waals surface area contributed by atoms with E-state index in [2.05, 4.69) is 39.0 Å². The highest BCUT2D eigenvalue weighted by Gasteiger charge is 2.26. The Bertz CT molecular complexity index is 601. The minimum Gasteiger partial charge on any atom is -0.386 e. The normalized spacial score (nSPS) is 16.1. The molecule has 0 aromatic heterocycles. The number of hydrogen-bond donors (Lipinski definition) is 1. The van der Waals surface area contributed by atoms with E-state index in [1.807, 2.05) is 32.0 Å². The molecule has 0 heterocycles. The predicted molar refractivity (Wildman–Crippen MR) is 96.5 cm³/mol. The maximum Gasteiger partial charge on any atom is 0.0843 e. The van der Waals surface area contributed by atoms with Gasteiger partial charge in [0.05, 0.1) is 17.8 Å². The van der Waals surface area contributed by atoms with Crippen molar-refractivity contribution in [2.75, 3.05) is 6.61 Å². The number of rotatable bonds is 6. The molecule has 0 saturated heterocycles. The monoisotopic (exact) mass is 314 g/mol. The Hall–Kier alpha value is -1.38. The molecule has 0 saturated carbocycles. The zero-order chi connectivity index (χ0) is 17.1. The van der Waals surface area contributed by atoms with Gasteiger partial charge in [0.25, 0.3) is 0 Å². The summed E-state index contributed by atoms with van der Waals surface area (Å²) in [5, 5.41) is 10.3. The van der Waals surface area contributed by atoms with Crippen LogP contribution in [-0.4, -0.2) is 17.3 Å². The van der Waals surface area contributed by atoms with Gasteiger partial charge >= 0.3 is 0 Å². The van der Waals surface area contributed by atoms with Gasteiger partial charge in [-0.15, -0.1) is 0 Å². The lowest BCUT2D eigenvalue weighted by Crippen LogP contribution is -2.30. The highest BCUT2D eigenvalue weighted by Crippen LogP contribution is 2.32. The number of benzene rings is 1. The second-order valence-electron chi connectivity index (χ2n) is 7.43. The first kappa shape index (κ1) is 18.0.